The average molecular weight is 359 g/mol. The van der Waals surface area contributed by atoms with E-state index in [2.05, 4.69) is 15.3 Å². The molecule has 1 aromatic carbocycles. The Kier molecular flexibility index (Phi) is 6.14. The zero-order valence-electron chi connectivity index (χ0n) is 14.4. The van der Waals surface area contributed by atoms with Crippen LogP contribution in [0.1, 0.15) is 23.9 Å². The molecule has 1 amide bonds. The lowest BCUT2D eigenvalue weighted by Gasteiger charge is -2.25. The molecule has 0 fully saturated rings. The summed E-state index contributed by atoms with van der Waals surface area (Å²) in [4.78, 5) is 32.4. The maximum atomic E-state index is 12.1. The van der Waals surface area contributed by atoms with E-state index in [4.69, 9.17) is 0 Å². The predicted molar refractivity (Wildman–Crippen MR) is 96.7 cm³/mol. The third kappa shape index (κ3) is 5.03. The van der Waals surface area contributed by atoms with Gasteiger partial charge in [-0.1, -0.05) is 42.1 Å². The number of hydrogen-bond donors (Lipinski definition) is 2. The molecule has 2 N–H and O–H groups in total. The Bertz CT molecular complexity index is 747. The number of thioether (sulfide) groups is 1. The van der Waals surface area contributed by atoms with Gasteiger partial charge in [0.1, 0.15) is 5.41 Å². The van der Waals surface area contributed by atoms with Gasteiger partial charge >= 0.3 is 5.97 Å². The Balaban J connectivity index is 1.96. The molecule has 2 rings (SSSR count). The lowest BCUT2D eigenvalue weighted by molar-refractivity contribution is -0.143. The van der Waals surface area contributed by atoms with Gasteiger partial charge in [-0.3, -0.25) is 9.59 Å². The molecule has 0 bridgehead atoms. The van der Waals surface area contributed by atoms with Gasteiger partial charge in [-0.2, -0.15) is 0 Å². The van der Waals surface area contributed by atoms with Crippen LogP contribution in [-0.4, -0.2) is 39.2 Å². The first-order valence-corrected chi connectivity index (χ1v) is 8.80. The fraction of sp³-hybridized carbons (Fsp3) is 0.333. The van der Waals surface area contributed by atoms with Gasteiger partial charge in [0.2, 0.25) is 5.91 Å². The Morgan fingerprint density at radius 1 is 1.16 bits per heavy atom. The molecule has 1 aromatic heterocycles. The maximum Gasteiger partial charge on any atom is 0.315 e. The molecule has 0 aliphatic heterocycles. The molecule has 7 heteroatoms. The van der Waals surface area contributed by atoms with Gasteiger partial charge in [-0.05, 0) is 32.4 Å². The Morgan fingerprint density at radius 2 is 1.76 bits per heavy atom. The topological polar surface area (TPSA) is 92.2 Å². The van der Waals surface area contributed by atoms with E-state index in [9.17, 15) is 14.7 Å². The van der Waals surface area contributed by atoms with Crippen LogP contribution in [0.3, 0.4) is 0 Å². The molecular weight excluding hydrogens is 338 g/mol. The molecule has 0 saturated carbocycles. The SMILES string of the molecule is Cc1cc(C)nc(SCC(=O)NCC(C)(C(=O)O)c2ccccc2)n1. The standard InChI is InChI=1S/C18H21N3O3S/c1-12-9-13(2)21-17(20-12)25-10-15(22)19-11-18(3,16(23)24)14-7-5-4-6-8-14/h4-9H,10-11H2,1-3H3,(H,19,22)(H,23,24). The number of carboxylic acids is 1. The maximum absolute atomic E-state index is 12.1. The number of aryl methyl sites for hydroxylation is 2. The van der Waals surface area contributed by atoms with Crippen molar-refractivity contribution in [3.05, 3.63) is 53.3 Å². The van der Waals surface area contributed by atoms with Crippen LogP contribution < -0.4 is 5.32 Å². The Hall–Kier alpha value is -2.41. The molecule has 0 aliphatic carbocycles. The van der Waals surface area contributed by atoms with Crippen molar-refractivity contribution < 1.29 is 14.7 Å². The van der Waals surface area contributed by atoms with Gasteiger partial charge in [0.15, 0.2) is 5.16 Å². The Labute approximate surface area is 151 Å². The number of rotatable bonds is 7. The summed E-state index contributed by atoms with van der Waals surface area (Å²) >= 11 is 1.23. The molecule has 1 heterocycles. The van der Waals surface area contributed by atoms with Crippen molar-refractivity contribution in [2.75, 3.05) is 12.3 Å². The fourth-order valence-electron chi connectivity index (χ4n) is 2.32. The molecular formula is C18H21N3O3S. The summed E-state index contributed by atoms with van der Waals surface area (Å²) in [5.41, 5.74) is 1.15. The number of nitrogens with one attached hydrogen (secondary N) is 1. The number of hydrogen-bond acceptors (Lipinski definition) is 5. The molecule has 0 aliphatic rings. The molecule has 132 valence electrons. The average Bonchev–Trinajstić information content (AvgIpc) is 2.57. The molecule has 6 nitrogen and oxygen atoms in total. The second kappa shape index (κ2) is 8.11. The first-order valence-electron chi connectivity index (χ1n) is 7.82. The highest BCUT2D eigenvalue weighted by Gasteiger charge is 2.35. The summed E-state index contributed by atoms with van der Waals surface area (Å²) < 4.78 is 0. The summed E-state index contributed by atoms with van der Waals surface area (Å²) in [6, 6.07) is 10.8. The third-order valence-corrected chi connectivity index (χ3v) is 4.66. The minimum Gasteiger partial charge on any atom is -0.481 e. The molecule has 0 radical (unpaired) electrons. The van der Waals surface area contributed by atoms with E-state index in [1.54, 1.807) is 31.2 Å². The summed E-state index contributed by atoms with van der Waals surface area (Å²) in [6.07, 6.45) is 0. The van der Waals surface area contributed by atoms with Crippen molar-refractivity contribution in [1.82, 2.24) is 15.3 Å². The number of nitrogens with zero attached hydrogens (tertiary/aromatic N) is 2. The molecule has 0 spiro atoms. The second-order valence-electron chi connectivity index (χ2n) is 6.00. The van der Waals surface area contributed by atoms with Gasteiger partial charge in [-0.15, -0.1) is 0 Å². The summed E-state index contributed by atoms with van der Waals surface area (Å²) in [6.45, 7) is 5.36. The van der Waals surface area contributed by atoms with Gasteiger partial charge in [-0.25, -0.2) is 9.97 Å². The lowest BCUT2D eigenvalue weighted by Crippen LogP contribution is -2.44. The molecule has 25 heavy (non-hydrogen) atoms. The molecule has 1 unspecified atom stereocenters. The fourth-order valence-corrected chi connectivity index (χ4v) is 3.10. The number of benzene rings is 1. The number of carbonyl (C=O) groups is 2. The van der Waals surface area contributed by atoms with E-state index in [0.717, 1.165) is 11.4 Å². The minimum absolute atomic E-state index is 0.0133. The zero-order chi connectivity index (χ0) is 18.4. The normalized spacial score (nSPS) is 13.1. The number of carbonyl (C=O) groups excluding carboxylic acids is 1. The van der Waals surface area contributed by atoms with Crippen molar-refractivity contribution in [1.29, 1.82) is 0 Å². The van der Waals surface area contributed by atoms with Crippen LogP contribution in [0, 0.1) is 13.8 Å². The smallest absolute Gasteiger partial charge is 0.315 e. The van der Waals surface area contributed by atoms with E-state index < -0.39 is 11.4 Å². The van der Waals surface area contributed by atoms with Crippen molar-refractivity contribution in [3.63, 3.8) is 0 Å². The largest absolute Gasteiger partial charge is 0.481 e. The highest BCUT2D eigenvalue weighted by molar-refractivity contribution is 7.99. The van der Waals surface area contributed by atoms with Crippen LogP contribution in [-0.2, 0) is 15.0 Å². The first-order chi connectivity index (χ1) is 11.8. The van der Waals surface area contributed by atoms with E-state index in [1.807, 2.05) is 26.0 Å². The first kappa shape index (κ1) is 18.9. The van der Waals surface area contributed by atoms with Crippen LogP contribution in [0.25, 0.3) is 0 Å². The quantitative estimate of drug-likeness (QED) is 0.582. The summed E-state index contributed by atoms with van der Waals surface area (Å²) in [5, 5.41) is 12.8. The molecule has 2 aromatic rings. The van der Waals surface area contributed by atoms with Crippen LogP contribution in [0.4, 0.5) is 0 Å². The van der Waals surface area contributed by atoms with Gasteiger partial charge in [0.25, 0.3) is 0 Å². The number of aliphatic carboxylic acids is 1. The number of amides is 1. The molecule has 0 saturated heterocycles. The second-order valence-corrected chi connectivity index (χ2v) is 6.94. The van der Waals surface area contributed by atoms with Crippen LogP contribution in [0.2, 0.25) is 0 Å². The van der Waals surface area contributed by atoms with Gasteiger partial charge < -0.3 is 10.4 Å². The van der Waals surface area contributed by atoms with Crippen molar-refractivity contribution in [2.24, 2.45) is 0 Å². The van der Waals surface area contributed by atoms with Crippen molar-refractivity contribution in [2.45, 2.75) is 31.3 Å². The zero-order valence-corrected chi connectivity index (χ0v) is 15.3. The van der Waals surface area contributed by atoms with E-state index in [-0.39, 0.29) is 18.2 Å². The van der Waals surface area contributed by atoms with Crippen molar-refractivity contribution >= 4 is 23.6 Å². The third-order valence-electron chi connectivity index (χ3n) is 3.82. The number of aromatic nitrogens is 2. The number of carboxylic acid groups (broad SMARTS) is 1. The van der Waals surface area contributed by atoms with Crippen LogP contribution in [0.5, 0.6) is 0 Å². The lowest BCUT2D eigenvalue weighted by atomic mass is 9.82. The van der Waals surface area contributed by atoms with Gasteiger partial charge in [0, 0.05) is 17.9 Å². The summed E-state index contributed by atoms with van der Waals surface area (Å²) in [5.74, 6) is -1.10. The highest BCUT2D eigenvalue weighted by Crippen LogP contribution is 2.23. The Morgan fingerprint density at radius 3 is 2.32 bits per heavy atom. The van der Waals surface area contributed by atoms with Gasteiger partial charge in [0.05, 0.1) is 5.75 Å². The highest BCUT2D eigenvalue weighted by atomic mass is 32.2. The summed E-state index contributed by atoms with van der Waals surface area (Å²) in [7, 11) is 0. The van der Waals surface area contributed by atoms with E-state index in [0.29, 0.717) is 10.7 Å². The van der Waals surface area contributed by atoms with E-state index in [1.165, 1.54) is 11.8 Å². The minimum atomic E-state index is -1.18. The monoisotopic (exact) mass is 359 g/mol. The van der Waals surface area contributed by atoms with Crippen LogP contribution >= 0.6 is 11.8 Å². The van der Waals surface area contributed by atoms with E-state index >= 15 is 0 Å². The predicted octanol–water partition coefficient (Wildman–Crippen LogP) is 2.34. The van der Waals surface area contributed by atoms with Crippen molar-refractivity contribution in [3.8, 4) is 0 Å². The van der Waals surface area contributed by atoms with Crippen LogP contribution in [0.15, 0.2) is 41.6 Å². The molecule has 1 atom stereocenters.